The number of nitrogens with one attached hydrogen (secondary N) is 2. The second-order valence-corrected chi connectivity index (χ2v) is 5.52. The largest absolute Gasteiger partial charge is 0.356 e. The minimum Gasteiger partial charge on any atom is -0.356 e. The molecule has 0 radical (unpaired) electrons. The van der Waals surface area contributed by atoms with Crippen LogP contribution in [0.1, 0.15) is 5.69 Å². The molecule has 23 heavy (non-hydrogen) atoms. The molecule has 2 N–H and O–H groups in total. The van der Waals surface area contributed by atoms with Crippen LogP contribution in [0, 0.1) is 0 Å². The number of hydrogen-bond acceptors (Lipinski definition) is 4. The number of fused-ring (bicyclic) bond motifs is 1. The summed E-state index contributed by atoms with van der Waals surface area (Å²) in [6.45, 7) is 0.673. The number of rotatable bonds is 4. The van der Waals surface area contributed by atoms with Gasteiger partial charge in [-0.15, -0.1) is 0 Å². The zero-order valence-electron chi connectivity index (χ0n) is 13.0. The highest BCUT2D eigenvalue weighted by atomic mass is 16.5. The number of nitrogens with zero attached hydrogens (tertiary/aromatic N) is 2. The van der Waals surface area contributed by atoms with Gasteiger partial charge in [-0.1, -0.05) is 23.4 Å². The fourth-order valence-electron chi connectivity index (χ4n) is 2.29. The second-order valence-electron chi connectivity index (χ2n) is 5.52. The fourth-order valence-corrected chi connectivity index (χ4v) is 2.29. The Morgan fingerprint density at radius 2 is 1.83 bits per heavy atom. The number of benzene rings is 2. The summed E-state index contributed by atoms with van der Waals surface area (Å²) in [5, 5.41) is 10.6. The quantitative estimate of drug-likeness (QED) is 0.773. The van der Waals surface area contributed by atoms with Crippen molar-refractivity contribution >= 4 is 28.4 Å². The van der Waals surface area contributed by atoms with Gasteiger partial charge in [0.05, 0.1) is 0 Å². The lowest BCUT2D eigenvalue weighted by Crippen LogP contribution is -2.19. The Hall–Kier alpha value is -2.86. The van der Waals surface area contributed by atoms with Crippen LogP contribution in [0.15, 0.2) is 53.1 Å². The van der Waals surface area contributed by atoms with Crippen LogP contribution >= 0.6 is 0 Å². The summed E-state index contributed by atoms with van der Waals surface area (Å²) in [7, 11) is 3.94. The van der Waals surface area contributed by atoms with Crippen LogP contribution in [0.25, 0.3) is 11.0 Å². The second kappa shape index (κ2) is 6.50. The molecular weight excluding hydrogens is 292 g/mol. The van der Waals surface area contributed by atoms with Gasteiger partial charge in [0.1, 0.15) is 5.69 Å². The zero-order valence-corrected chi connectivity index (χ0v) is 13.0. The third kappa shape index (κ3) is 3.67. The molecule has 1 aromatic heterocycles. The molecule has 3 aromatic rings. The Labute approximate surface area is 134 Å². The highest BCUT2D eigenvalue weighted by Gasteiger charge is 2.11. The average Bonchev–Trinajstić information content (AvgIpc) is 2.90. The average molecular weight is 310 g/mol. The van der Waals surface area contributed by atoms with E-state index in [0.717, 1.165) is 16.8 Å². The van der Waals surface area contributed by atoms with Gasteiger partial charge in [0.25, 0.3) is 0 Å². The maximum atomic E-state index is 12.0. The van der Waals surface area contributed by atoms with Crippen molar-refractivity contribution in [1.82, 2.24) is 10.1 Å². The number of carbonyl (C=O) groups is 1. The van der Waals surface area contributed by atoms with Crippen molar-refractivity contribution in [2.75, 3.05) is 24.7 Å². The number of para-hydroxylation sites is 1. The first-order chi connectivity index (χ1) is 11.1. The molecule has 3 rings (SSSR count). The number of aromatic nitrogens is 1. The first-order valence-corrected chi connectivity index (χ1v) is 7.28. The van der Waals surface area contributed by atoms with E-state index in [1.165, 1.54) is 0 Å². The smallest absolute Gasteiger partial charge is 0.323 e. The third-order valence-electron chi connectivity index (χ3n) is 3.30. The Bertz CT molecular complexity index is 812. The molecule has 0 spiro atoms. The van der Waals surface area contributed by atoms with Gasteiger partial charge in [-0.25, -0.2) is 4.79 Å². The van der Waals surface area contributed by atoms with Gasteiger partial charge in [-0.2, -0.15) is 0 Å². The fraction of sp³-hybridized carbons (Fsp3) is 0.176. The molecule has 0 atom stereocenters. The molecule has 6 nitrogen and oxygen atoms in total. The lowest BCUT2D eigenvalue weighted by molar-refractivity contribution is 0.262. The van der Waals surface area contributed by atoms with Gasteiger partial charge in [-0.05, 0) is 44.4 Å². The predicted molar refractivity (Wildman–Crippen MR) is 90.5 cm³/mol. The summed E-state index contributed by atoms with van der Waals surface area (Å²) in [6, 6.07) is 14.5. The van der Waals surface area contributed by atoms with Crippen molar-refractivity contribution in [2.24, 2.45) is 0 Å². The van der Waals surface area contributed by atoms with Crippen LogP contribution in [0.5, 0.6) is 0 Å². The Morgan fingerprint density at radius 3 is 2.57 bits per heavy atom. The van der Waals surface area contributed by atoms with Crippen molar-refractivity contribution in [2.45, 2.75) is 6.54 Å². The van der Waals surface area contributed by atoms with Crippen LogP contribution in [0.2, 0.25) is 0 Å². The summed E-state index contributed by atoms with van der Waals surface area (Å²) >= 11 is 0. The summed E-state index contributed by atoms with van der Waals surface area (Å²) in [4.78, 5) is 14.1. The minimum absolute atomic E-state index is 0.291. The first kappa shape index (κ1) is 15.1. The molecule has 0 unspecified atom stereocenters. The van der Waals surface area contributed by atoms with E-state index in [2.05, 4.69) is 15.8 Å². The van der Waals surface area contributed by atoms with Gasteiger partial charge >= 0.3 is 6.03 Å². The van der Waals surface area contributed by atoms with E-state index in [0.29, 0.717) is 17.8 Å². The van der Waals surface area contributed by atoms with Crippen molar-refractivity contribution in [3.63, 3.8) is 0 Å². The van der Waals surface area contributed by atoms with Gasteiger partial charge < -0.3 is 20.1 Å². The van der Waals surface area contributed by atoms with E-state index in [-0.39, 0.29) is 6.03 Å². The van der Waals surface area contributed by atoms with Crippen LogP contribution < -0.4 is 10.6 Å². The van der Waals surface area contributed by atoms with Crippen LogP contribution in [0.3, 0.4) is 0 Å². The summed E-state index contributed by atoms with van der Waals surface area (Å²) < 4.78 is 5.30. The standard InChI is InChI=1S/C17H18N4O2/c1-21(2)11-15-14-10-13(8-9-16(14)23-20-15)19-17(22)18-12-6-4-3-5-7-12/h3-10H,11H2,1-2H3,(H2,18,19,22). The molecule has 2 aromatic carbocycles. The number of hydrogen-bond donors (Lipinski definition) is 2. The Balaban J connectivity index is 1.76. The molecule has 0 fully saturated rings. The number of urea groups is 1. The summed E-state index contributed by atoms with van der Waals surface area (Å²) in [5.41, 5.74) is 2.98. The van der Waals surface area contributed by atoms with Crippen LogP contribution in [-0.2, 0) is 6.54 Å². The van der Waals surface area contributed by atoms with Crippen molar-refractivity contribution in [3.8, 4) is 0 Å². The van der Waals surface area contributed by atoms with Crippen molar-refractivity contribution < 1.29 is 9.32 Å². The lowest BCUT2D eigenvalue weighted by Gasteiger charge is -2.08. The molecule has 0 aliphatic heterocycles. The molecule has 2 amide bonds. The van der Waals surface area contributed by atoms with E-state index in [1.807, 2.05) is 55.4 Å². The maximum Gasteiger partial charge on any atom is 0.323 e. The van der Waals surface area contributed by atoms with Gasteiger partial charge in [0, 0.05) is 23.3 Å². The molecule has 0 saturated carbocycles. The number of anilines is 2. The van der Waals surface area contributed by atoms with E-state index < -0.39 is 0 Å². The molecule has 0 aliphatic carbocycles. The minimum atomic E-state index is -0.291. The SMILES string of the molecule is CN(C)Cc1noc2ccc(NC(=O)Nc3ccccc3)cc12. The van der Waals surface area contributed by atoms with Crippen LogP contribution in [0.4, 0.5) is 16.2 Å². The van der Waals surface area contributed by atoms with E-state index in [9.17, 15) is 4.79 Å². The Morgan fingerprint density at radius 1 is 1.09 bits per heavy atom. The van der Waals surface area contributed by atoms with Gasteiger partial charge in [0.15, 0.2) is 5.58 Å². The predicted octanol–water partition coefficient (Wildman–Crippen LogP) is 3.53. The molecule has 0 aliphatic rings. The molecule has 0 saturated heterocycles. The van der Waals surface area contributed by atoms with E-state index >= 15 is 0 Å². The topological polar surface area (TPSA) is 70.4 Å². The highest BCUT2D eigenvalue weighted by molar-refractivity contribution is 6.00. The molecule has 0 bridgehead atoms. The van der Waals surface area contributed by atoms with Crippen molar-refractivity contribution in [3.05, 3.63) is 54.2 Å². The van der Waals surface area contributed by atoms with E-state index in [1.54, 1.807) is 12.1 Å². The molecular formula is C17H18N4O2. The molecule has 118 valence electrons. The Kier molecular flexibility index (Phi) is 4.25. The normalized spacial score (nSPS) is 10.9. The lowest BCUT2D eigenvalue weighted by atomic mass is 10.2. The molecule has 6 heteroatoms. The van der Waals surface area contributed by atoms with Gasteiger partial charge in [0.2, 0.25) is 0 Å². The molecule has 1 heterocycles. The maximum absolute atomic E-state index is 12.0. The highest BCUT2D eigenvalue weighted by Crippen LogP contribution is 2.23. The first-order valence-electron chi connectivity index (χ1n) is 7.28. The van der Waals surface area contributed by atoms with Crippen molar-refractivity contribution in [1.29, 1.82) is 0 Å². The zero-order chi connectivity index (χ0) is 16.2. The number of amides is 2. The monoisotopic (exact) mass is 310 g/mol. The summed E-state index contributed by atoms with van der Waals surface area (Å²) in [6.07, 6.45) is 0. The van der Waals surface area contributed by atoms with Crippen LogP contribution in [-0.4, -0.2) is 30.2 Å². The van der Waals surface area contributed by atoms with E-state index in [4.69, 9.17) is 4.52 Å². The summed E-state index contributed by atoms with van der Waals surface area (Å²) in [5.74, 6) is 0. The van der Waals surface area contributed by atoms with Gasteiger partial charge in [-0.3, -0.25) is 0 Å². The number of carbonyl (C=O) groups excluding carboxylic acids is 1. The third-order valence-corrected chi connectivity index (χ3v) is 3.30.